The molecule has 0 bridgehead atoms. The number of methoxy groups -OCH3 is 1. The minimum absolute atomic E-state index is 0.0359. The van der Waals surface area contributed by atoms with Gasteiger partial charge in [0.1, 0.15) is 11.5 Å². The Morgan fingerprint density at radius 1 is 1.30 bits per heavy atom. The van der Waals surface area contributed by atoms with E-state index in [2.05, 4.69) is 9.97 Å². The van der Waals surface area contributed by atoms with Crippen LogP contribution in [0.3, 0.4) is 0 Å². The van der Waals surface area contributed by atoms with Gasteiger partial charge in [-0.3, -0.25) is 15.1 Å². The SMILES string of the molecule is COc1cccc(C[S+]([O-])c2nc3ccc([N+](=O)[O-])cc3[nH]2)c1. The summed E-state index contributed by atoms with van der Waals surface area (Å²) in [4.78, 5) is 17.4. The van der Waals surface area contributed by atoms with Crippen molar-refractivity contribution >= 4 is 27.9 Å². The van der Waals surface area contributed by atoms with E-state index in [4.69, 9.17) is 4.74 Å². The molecule has 0 amide bonds. The predicted molar refractivity (Wildman–Crippen MR) is 85.9 cm³/mol. The van der Waals surface area contributed by atoms with Crippen LogP contribution in [0.5, 0.6) is 5.75 Å². The number of imidazole rings is 1. The molecule has 0 saturated carbocycles. The number of nitrogens with one attached hydrogen (secondary N) is 1. The molecule has 23 heavy (non-hydrogen) atoms. The topological polar surface area (TPSA) is 104 Å². The van der Waals surface area contributed by atoms with E-state index in [0.29, 0.717) is 21.9 Å². The molecule has 3 rings (SSSR count). The van der Waals surface area contributed by atoms with E-state index in [1.807, 2.05) is 24.3 Å². The Bertz CT molecular complexity index is 865. The van der Waals surface area contributed by atoms with Crippen LogP contribution in [0.25, 0.3) is 11.0 Å². The lowest BCUT2D eigenvalue weighted by Crippen LogP contribution is -2.07. The van der Waals surface area contributed by atoms with E-state index < -0.39 is 16.1 Å². The molecule has 8 heteroatoms. The van der Waals surface area contributed by atoms with E-state index in [-0.39, 0.29) is 11.4 Å². The van der Waals surface area contributed by atoms with Crippen LogP contribution < -0.4 is 4.74 Å². The Morgan fingerprint density at radius 3 is 2.87 bits per heavy atom. The monoisotopic (exact) mass is 331 g/mol. The third-order valence-corrected chi connectivity index (χ3v) is 4.52. The zero-order chi connectivity index (χ0) is 16.4. The van der Waals surface area contributed by atoms with Gasteiger partial charge in [0.15, 0.2) is 0 Å². The maximum Gasteiger partial charge on any atom is 0.321 e. The Kier molecular flexibility index (Phi) is 4.18. The number of aromatic nitrogens is 2. The lowest BCUT2D eigenvalue weighted by Gasteiger charge is -2.08. The van der Waals surface area contributed by atoms with E-state index in [0.717, 1.165) is 5.56 Å². The maximum atomic E-state index is 12.4. The van der Waals surface area contributed by atoms with Gasteiger partial charge in [0.25, 0.3) is 5.69 Å². The van der Waals surface area contributed by atoms with Gasteiger partial charge < -0.3 is 9.29 Å². The molecule has 1 aromatic heterocycles. The Hall–Kier alpha value is -2.58. The third-order valence-electron chi connectivity index (χ3n) is 3.30. The van der Waals surface area contributed by atoms with Crippen molar-refractivity contribution < 1.29 is 14.2 Å². The summed E-state index contributed by atoms with van der Waals surface area (Å²) in [7, 11) is 1.57. The van der Waals surface area contributed by atoms with E-state index in [1.54, 1.807) is 7.11 Å². The number of nitro benzene ring substituents is 1. The fourth-order valence-electron chi connectivity index (χ4n) is 2.18. The van der Waals surface area contributed by atoms with Crippen LogP contribution in [0.4, 0.5) is 5.69 Å². The standard InChI is InChI=1S/C15H13N3O4S/c1-22-12-4-2-3-10(7-12)9-23(21)15-16-13-6-5-11(18(19)20)8-14(13)17-15/h2-8H,9H2,1H3,(H,16,17). The molecule has 0 radical (unpaired) electrons. The maximum absolute atomic E-state index is 12.4. The second-order valence-electron chi connectivity index (χ2n) is 4.84. The van der Waals surface area contributed by atoms with Crippen molar-refractivity contribution in [3.63, 3.8) is 0 Å². The van der Waals surface area contributed by atoms with Gasteiger partial charge in [-0.2, -0.15) is 4.98 Å². The molecule has 7 nitrogen and oxygen atoms in total. The second kappa shape index (κ2) is 6.27. The molecule has 118 valence electrons. The first-order chi connectivity index (χ1) is 11.1. The smallest absolute Gasteiger partial charge is 0.321 e. The summed E-state index contributed by atoms with van der Waals surface area (Å²) < 4.78 is 17.6. The van der Waals surface area contributed by atoms with Crippen LogP contribution in [0.15, 0.2) is 47.6 Å². The highest BCUT2D eigenvalue weighted by molar-refractivity contribution is 7.90. The lowest BCUT2D eigenvalue weighted by atomic mass is 10.2. The van der Waals surface area contributed by atoms with Crippen molar-refractivity contribution in [1.82, 2.24) is 9.97 Å². The van der Waals surface area contributed by atoms with Crippen LogP contribution in [0, 0.1) is 10.1 Å². The highest BCUT2D eigenvalue weighted by Gasteiger charge is 2.19. The first-order valence-corrected chi connectivity index (χ1v) is 8.04. The van der Waals surface area contributed by atoms with Crippen LogP contribution >= 0.6 is 0 Å². The number of hydrogen-bond donors (Lipinski definition) is 1. The summed E-state index contributed by atoms with van der Waals surface area (Å²) in [5.41, 5.74) is 1.86. The molecule has 0 saturated heterocycles. The molecular weight excluding hydrogens is 318 g/mol. The Labute approximate surface area is 134 Å². The number of ether oxygens (including phenoxy) is 1. The zero-order valence-electron chi connectivity index (χ0n) is 12.2. The van der Waals surface area contributed by atoms with Crippen LogP contribution in [-0.4, -0.2) is 26.6 Å². The minimum atomic E-state index is -1.39. The van der Waals surface area contributed by atoms with Gasteiger partial charge in [-0.05, 0) is 18.2 Å². The molecule has 1 heterocycles. The Morgan fingerprint density at radius 2 is 2.13 bits per heavy atom. The number of fused-ring (bicyclic) bond motifs is 1. The summed E-state index contributed by atoms with van der Waals surface area (Å²) in [6.07, 6.45) is 0. The first-order valence-electron chi connectivity index (χ1n) is 6.72. The van der Waals surface area contributed by atoms with E-state index in [1.165, 1.54) is 18.2 Å². The van der Waals surface area contributed by atoms with Gasteiger partial charge in [-0.15, -0.1) is 0 Å². The number of nitrogens with zero attached hydrogens (tertiary/aromatic N) is 2. The number of rotatable bonds is 5. The normalized spacial score (nSPS) is 12.3. The summed E-state index contributed by atoms with van der Waals surface area (Å²) in [5, 5.41) is 11.1. The van der Waals surface area contributed by atoms with Crippen LogP contribution in [-0.2, 0) is 16.9 Å². The van der Waals surface area contributed by atoms with Crippen molar-refractivity contribution in [1.29, 1.82) is 0 Å². The third kappa shape index (κ3) is 3.27. The molecule has 1 N–H and O–H groups in total. The fraction of sp³-hybridized carbons (Fsp3) is 0.133. The van der Waals surface area contributed by atoms with E-state index >= 15 is 0 Å². The molecule has 0 aliphatic heterocycles. The average Bonchev–Trinajstić information content (AvgIpc) is 2.98. The number of hydrogen-bond acceptors (Lipinski definition) is 5. The number of aromatic amines is 1. The van der Waals surface area contributed by atoms with Gasteiger partial charge in [-0.1, -0.05) is 12.1 Å². The molecule has 0 fully saturated rings. The molecule has 0 spiro atoms. The zero-order valence-corrected chi connectivity index (χ0v) is 13.0. The van der Waals surface area contributed by atoms with E-state index in [9.17, 15) is 14.7 Å². The van der Waals surface area contributed by atoms with Gasteiger partial charge in [-0.25, -0.2) is 0 Å². The summed E-state index contributed by atoms with van der Waals surface area (Å²) in [6.45, 7) is 0. The molecule has 1 unspecified atom stereocenters. The minimum Gasteiger partial charge on any atom is -0.609 e. The predicted octanol–water partition coefficient (Wildman–Crippen LogP) is 2.79. The Balaban J connectivity index is 1.85. The van der Waals surface area contributed by atoms with Crippen molar-refractivity contribution in [2.75, 3.05) is 7.11 Å². The van der Waals surface area contributed by atoms with Crippen molar-refractivity contribution in [3.05, 3.63) is 58.1 Å². The van der Waals surface area contributed by atoms with Crippen LogP contribution in [0.1, 0.15) is 5.56 Å². The van der Waals surface area contributed by atoms with Gasteiger partial charge in [0.05, 0.1) is 23.1 Å². The fourth-order valence-corrected chi connectivity index (χ4v) is 3.22. The van der Waals surface area contributed by atoms with Gasteiger partial charge >= 0.3 is 5.16 Å². The summed E-state index contributed by atoms with van der Waals surface area (Å²) in [5.74, 6) is 0.971. The molecular formula is C15H13N3O4S. The van der Waals surface area contributed by atoms with Gasteiger partial charge in [0.2, 0.25) is 0 Å². The second-order valence-corrected chi connectivity index (χ2v) is 6.21. The highest BCUT2D eigenvalue weighted by atomic mass is 32.2. The quantitative estimate of drug-likeness (QED) is 0.440. The molecule has 0 aliphatic carbocycles. The average molecular weight is 331 g/mol. The summed E-state index contributed by atoms with van der Waals surface area (Å²) >= 11 is -1.39. The molecule has 3 aromatic rings. The largest absolute Gasteiger partial charge is 0.609 e. The molecule has 1 atom stereocenters. The first kappa shape index (κ1) is 15.3. The van der Waals surface area contributed by atoms with Crippen molar-refractivity contribution in [2.45, 2.75) is 10.9 Å². The summed E-state index contributed by atoms with van der Waals surface area (Å²) in [6, 6.07) is 11.6. The van der Waals surface area contributed by atoms with Crippen molar-refractivity contribution in [3.8, 4) is 5.75 Å². The number of nitro groups is 1. The lowest BCUT2D eigenvalue weighted by molar-refractivity contribution is -0.384. The number of non-ortho nitro benzene ring substituents is 1. The van der Waals surface area contributed by atoms with Crippen molar-refractivity contribution in [2.24, 2.45) is 0 Å². The van der Waals surface area contributed by atoms with Crippen LogP contribution in [0.2, 0.25) is 0 Å². The number of H-pyrrole nitrogens is 1. The molecule has 2 aromatic carbocycles. The number of benzene rings is 2. The highest BCUT2D eigenvalue weighted by Crippen LogP contribution is 2.23. The molecule has 0 aliphatic rings. The van der Waals surface area contributed by atoms with Gasteiger partial charge in [0, 0.05) is 28.9 Å².